The van der Waals surface area contributed by atoms with Gasteiger partial charge in [0, 0.05) is 21.7 Å². The third-order valence-electron chi connectivity index (χ3n) is 2.61. The second-order valence-corrected chi connectivity index (χ2v) is 5.38. The zero-order valence-corrected chi connectivity index (χ0v) is 17.8. The first-order chi connectivity index (χ1) is 11.3. The molecule has 0 spiro atoms. The average molecular weight is 412 g/mol. The average Bonchev–Trinajstić information content (AvgIpc) is 3.26. The molecule has 0 saturated carbocycles. The van der Waals surface area contributed by atoms with E-state index < -0.39 is 11.9 Å². The Balaban J connectivity index is 0. The van der Waals surface area contributed by atoms with Crippen LogP contribution in [-0.4, -0.2) is 26.2 Å². The zero-order chi connectivity index (χ0) is 18.5. The second-order valence-electron chi connectivity index (χ2n) is 4.57. The number of esters is 2. The normalized spacial score (nSPS) is 9.76. The molecule has 2 aromatic rings. The summed E-state index contributed by atoms with van der Waals surface area (Å²) in [4.78, 5) is 20.8. The minimum absolute atomic E-state index is 0. The Bertz CT molecular complexity index is 576. The molecule has 0 N–H and O–H groups in total. The molecule has 0 atom stereocenters. The minimum atomic E-state index is -0.805. The van der Waals surface area contributed by atoms with E-state index in [0.29, 0.717) is 0 Å². The second kappa shape index (κ2) is 14.8. The topological polar surface area (TPSA) is 52.6 Å². The first-order valence-electron chi connectivity index (χ1n) is 6.95. The summed E-state index contributed by atoms with van der Waals surface area (Å²) in [7, 11) is 2.29. The Morgan fingerprint density at radius 1 is 0.880 bits per heavy atom. The van der Waals surface area contributed by atoms with Crippen molar-refractivity contribution in [3.63, 3.8) is 0 Å². The molecule has 0 fully saturated rings. The fraction of sp³-hybridized carbons (Fsp3) is 0.222. The van der Waals surface area contributed by atoms with E-state index in [-0.39, 0.29) is 31.5 Å². The molecule has 2 rings (SSSR count). The molecule has 2 aromatic carbocycles. The maximum absolute atomic E-state index is 10.7. The summed E-state index contributed by atoms with van der Waals surface area (Å²) in [5.41, 5.74) is 2.69. The number of hydrogen-bond donors (Lipinski definition) is 0. The maximum Gasteiger partial charge on any atom is 0.309 e. The van der Waals surface area contributed by atoms with Crippen LogP contribution in [0.25, 0.3) is 0 Å². The molecule has 140 valence electrons. The van der Waals surface area contributed by atoms with Gasteiger partial charge >= 0.3 is 11.9 Å². The Hall–Kier alpha value is -1.47. The summed E-state index contributed by atoms with van der Waals surface area (Å²) in [5, 5.41) is 0. The van der Waals surface area contributed by atoms with Crippen LogP contribution >= 0.6 is 0 Å². The van der Waals surface area contributed by atoms with Crippen LogP contribution in [0.15, 0.2) is 58.3 Å². The van der Waals surface area contributed by atoms with Crippen LogP contribution in [0.1, 0.15) is 11.1 Å². The van der Waals surface area contributed by atoms with Gasteiger partial charge in [0.25, 0.3) is 0 Å². The van der Waals surface area contributed by atoms with E-state index in [0.717, 1.165) is 14.2 Å². The third-order valence-corrected chi connectivity index (χ3v) is 3.48. The summed E-state index contributed by atoms with van der Waals surface area (Å²) in [6, 6.07) is 16.5. The minimum Gasteiger partial charge on any atom is -0.774 e. The van der Waals surface area contributed by atoms with Gasteiger partial charge in [-0.1, -0.05) is 6.92 Å². The SMILES string of the molecule is COC(=O)C([S-])=C([S-])C(=O)OC.C[c-]1[cH-][cH-][cH-][cH-]1.C[c-]1cccc1.[Ti]. The first-order valence-corrected chi connectivity index (χ1v) is 7.76. The van der Waals surface area contributed by atoms with E-state index in [2.05, 4.69) is 72.8 Å². The van der Waals surface area contributed by atoms with Gasteiger partial charge in [0.2, 0.25) is 0 Å². The quantitative estimate of drug-likeness (QED) is 0.249. The van der Waals surface area contributed by atoms with E-state index in [1.807, 2.05) is 24.3 Å². The van der Waals surface area contributed by atoms with Gasteiger partial charge in [-0.3, -0.25) is 0 Å². The van der Waals surface area contributed by atoms with Gasteiger partial charge in [-0.2, -0.15) is 17.7 Å². The van der Waals surface area contributed by atoms with Gasteiger partial charge < -0.3 is 64.6 Å². The summed E-state index contributed by atoms with van der Waals surface area (Å²) < 4.78 is 8.50. The van der Waals surface area contributed by atoms with Crippen LogP contribution in [0.3, 0.4) is 0 Å². The molecule has 4 nitrogen and oxygen atoms in total. The number of methoxy groups -OCH3 is 2. The van der Waals surface area contributed by atoms with E-state index in [1.54, 1.807) is 0 Å². The summed E-state index contributed by atoms with van der Waals surface area (Å²) >= 11 is 9.05. The molecule has 0 aliphatic carbocycles. The van der Waals surface area contributed by atoms with Crippen molar-refractivity contribution in [3.8, 4) is 0 Å². The molecule has 0 bridgehead atoms. The zero-order valence-electron chi connectivity index (χ0n) is 14.6. The first kappa shape index (κ1) is 25.8. The van der Waals surface area contributed by atoms with Crippen LogP contribution in [-0.2, 0) is 66.0 Å². The Morgan fingerprint density at radius 3 is 1.40 bits per heavy atom. The van der Waals surface area contributed by atoms with Gasteiger partial charge in [-0.05, 0) is 0 Å². The van der Waals surface area contributed by atoms with Crippen LogP contribution in [0, 0.1) is 13.8 Å². The molecule has 7 heteroatoms. The molecule has 0 aromatic heterocycles. The molecule has 0 aliphatic rings. The van der Waals surface area contributed by atoms with Crippen molar-refractivity contribution in [1.29, 1.82) is 0 Å². The molecule has 0 heterocycles. The smallest absolute Gasteiger partial charge is 0.309 e. The standard InChI is InChI=1S/C6H8O4S2.2C6H7.Ti/c1-9-5(7)3(11)4(12)6(8)10-2;2*1-6-4-2-3-5-6;/h11-12H,1-2H3;2*2-5H,1H3;/q;-5;-1;/p-2. The predicted octanol–water partition coefficient (Wildman–Crippen LogP) is 3.06. The summed E-state index contributed by atoms with van der Waals surface area (Å²) in [5.74, 6) is -1.61. The van der Waals surface area contributed by atoms with Gasteiger partial charge in [-0.15, -0.1) is 9.81 Å². The molecular formula is C18H20O4S2Ti-8. The van der Waals surface area contributed by atoms with Gasteiger partial charge in [0.1, 0.15) is 0 Å². The van der Waals surface area contributed by atoms with Gasteiger partial charge in [0.05, 0.1) is 14.2 Å². The van der Waals surface area contributed by atoms with Crippen molar-refractivity contribution in [2.24, 2.45) is 0 Å². The van der Waals surface area contributed by atoms with Crippen molar-refractivity contribution in [1.82, 2.24) is 0 Å². The molecule has 0 radical (unpaired) electrons. The predicted molar refractivity (Wildman–Crippen MR) is 99.3 cm³/mol. The van der Waals surface area contributed by atoms with Crippen LogP contribution in [0.2, 0.25) is 0 Å². The Kier molecular flexibility index (Phi) is 15.3. The monoisotopic (exact) mass is 412 g/mol. The number of aryl methyl sites for hydroxylation is 2. The van der Waals surface area contributed by atoms with Crippen LogP contribution < -0.4 is 0 Å². The number of ether oxygens (including phenoxy) is 2. The number of hydrogen-bond acceptors (Lipinski definition) is 6. The van der Waals surface area contributed by atoms with Gasteiger partial charge in [0.15, 0.2) is 0 Å². The summed E-state index contributed by atoms with van der Waals surface area (Å²) in [6.07, 6.45) is 0. The van der Waals surface area contributed by atoms with Crippen molar-refractivity contribution in [2.45, 2.75) is 13.8 Å². The van der Waals surface area contributed by atoms with Gasteiger partial charge in [-0.25, -0.2) is 28.6 Å². The van der Waals surface area contributed by atoms with Crippen molar-refractivity contribution >= 4 is 37.2 Å². The van der Waals surface area contributed by atoms with E-state index in [1.165, 1.54) is 11.1 Å². The molecule has 0 unspecified atom stereocenters. The van der Waals surface area contributed by atoms with E-state index in [9.17, 15) is 9.59 Å². The van der Waals surface area contributed by atoms with Crippen molar-refractivity contribution < 1.29 is 40.8 Å². The number of carbonyl (C=O) groups is 2. The Labute approximate surface area is 175 Å². The van der Waals surface area contributed by atoms with Crippen LogP contribution in [0.5, 0.6) is 0 Å². The fourth-order valence-electron chi connectivity index (χ4n) is 1.31. The fourth-order valence-corrected chi connectivity index (χ4v) is 1.64. The van der Waals surface area contributed by atoms with Crippen LogP contribution in [0.4, 0.5) is 0 Å². The van der Waals surface area contributed by atoms with E-state index >= 15 is 0 Å². The largest absolute Gasteiger partial charge is 0.774 e. The Morgan fingerprint density at radius 2 is 1.24 bits per heavy atom. The maximum atomic E-state index is 10.7. The third kappa shape index (κ3) is 11.7. The molecule has 0 saturated heterocycles. The summed E-state index contributed by atoms with van der Waals surface area (Å²) in [6.45, 7) is 4.17. The van der Waals surface area contributed by atoms with Crippen molar-refractivity contribution in [2.75, 3.05) is 14.2 Å². The molecule has 0 aliphatic heterocycles. The van der Waals surface area contributed by atoms with Crippen molar-refractivity contribution in [3.05, 3.63) is 69.5 Å². The number of rotatable bonds is 2. The molecule has 0 amide bonds. The van der Waals surface area contributed by atoms with E-state index in [4.69, 9.17) is 0 Å². The number of carbonyl (C=O) groups excluding carboxylic acids is 2. The molecular weight excluding hydrogens is 392 g/mol. The molecule has 25 heavy (non-hydrogen) atoms.